The number of sulfonamides is 1. The smallest absolute Gasteiger partial charge is 0.261 e. The van der Waals surface area contributed by atoms with Crippen LogP contribution in [0.15, 0.2) is 47.4 Å². The van der Waals surface area contributed by atoms with Gasteiger partial charge in [0, 0.05) is 11.3 Å². The fourth-order valence-electron chi connectivity index (χ4n) is 1.79. The Morgan fingerprint density at radius 1 is 1.10 bits per heavy atom. The maximum absolute atomic E-state index is 13.2. The average Bonchev–Trinajstić information content (AvgIpc) is 2.43. The van der Waals surface area contributed by atoms with Crippen molar-refractivity contribution in [3.63, 3.8) is 0 Å². The molecule has 1 N–H and O–H groups in total. The van der Waals surface area contributed by atoms with E-state index in [0.29, 0.717) is 11.1 Å². The Labute approximate surface area is 122 Å². The third-order valence-corrected chi connectivity index (χ3v) is 4.38. The molecule has 4 nitrogen and oxygen atoms in total. The Balaban J connectivity index is 2.29. The largest absolute Gasteiger partial charge is 0.295 e. The van der Waals surface area contributed by atoms with Gasteiger partial charge in [-0.1, -0.05) is 12.1 Å². The van der Waals surface area contributed by atoms with E-state index in [9.17, 15) is 17.6 Å². The number of nitrogens with one attached hydrogen (secondary N) is 1. The molecular weight excluding hydrogens is 293 g/mol. The summed E-state index contributed by atoms with van der Waals surface area (Å²) < 4.78 is 39.9. The van der Waals surface area contributed by atoms with Crippen LogP contribution in [0, 0.1) is 12.7 Å². The zero-order valence-electron chi connectivity index (χ0n) is 11.6. The molecule has 0 aliphatic rings. The van der Waals surface area contributed by atoms with Crippen molar-refractivity contribution in [3.05, 3.63) is 59.4 Å². The number of halogens is 1. The first-order valence-electron chi connectivity index (χ1n) is 6.19. The zero-order chi connectivity index (χ0) is 15.6. The molecule has 2 aromatic rings. The van der Waals surface area contributed by atoms with Gasteiger partial charge in [0.15, 0.2) is 5.78 Å². The van der Waals surface area contributed by atoms with Gasteiger partial charge in [-0.2, -0.15) is 0 Å². The lowest BCUT2D eigenvalue weighted by atomic mass is 10.2. The molecule has 2 rings (SSSR count). The predicted molar refractivity (Wildman–Crippen MR) is 78.4 cm³/mol. The molecule has 0 amide bonds. The van der Waals surface area contributed by atoms with Crippen molar-refractivity contribution in [2.75, 3.05) is 4.72 Å². The Morgan fingerprint density at radius 2 is 1.71 bits per heavy atom. The molecule has 0 atom stereocenters. The number of aryl methyl sites for hydroxylation is 1. The molecule has 0 saturated heterocycles. The number of hydrogen-bond donors (Lipinski definition) is 1. The SMILES string of the molecule is CC(=O)c1ccc(S(=O)(=O)Nc2ccc(F)c(C)c2)cc1. The van der Waals surface area contributed by atoms with Crippen molar-refractivity contribution >= 4 is 21.5 Å². The number of hydrogen-bond acceptors (Lipinski definition) is 3. The molecule has 21 heavy (non-hydrogen) atoms. The lowest BCUT2D eigenvalue weighted by Crippen LogP contribution is -2.13. The minimum Gasteiger partial charge on any atom is -0.295 e. The van der Waals surface area contributed by atoms with Crippen LogP contribution in [-0.2, 0) is 10.0 Å². The molecule has 2 aromatic carbocycles. The molecule has 6 heteroatoms. The number of carbonyl (C=O) groups is 1. The quantitative estimate of drug-likeness (QED) is 0.883. The van der Waals surface area contributed by atoms with Crippen molar-refractivity contribution in [3.8, 4) is 0 Å². The number of anilines is 1. The Morgan fingerprint density at radius 3 is 2.24 bits per heavy atom. The minimum atomic E-state index is -3.77. The summed E-state index contributed by atoms with van der Waals surface area (Å²) in [6, 6.07) is 9.58. The maximum Gasteiger partial charge on any atom is 0.261 e. The second-order valence-corrected chi connectivity index (χ2v) is 6.33. The van der Waals surface area contributed by atoms with Crippen molar-refractivity contribution in [2.45, 2.75) is 18.7 Å². The van der Waals surface area contributed by atoms with E-state index < -0.39 is 15.8 Å². The summed E-state index contributed by atoms with van der Waals surface area (Å²) in [5, 5.41) is 0. The highest BCUT2D eigenvalue weighted by Crippen LogP contribution is 2.19. The van der Waals surface area contributed by atoms with Gasteiger partial charge in [0.1, 0.15) is 5.82 Å². The van der Waals surface area contributed by atoms with E-state index in [1.54, 1.807) is 6.92 Å². The van der Waals surface area contributed by atoms with Gasteiger partial charge in [-0.05, 0) is 49.7 Å². The lowest BCUT2D eigenvalue weighted by Gasteiger charge is -2.09. The van der Waals surface area contributed by atoms with Crippen LogP contribution in [0.1, 0.15) is 22.8 Å². The van der Waals surface area contributed by atoms with E-state index in [4.69, 9.17) is 0 Å². The predicted octanol–water partition coefficient (Wildman–Crippen LogP) is 3.14. The van der Waals surface area contributed by atoms with Gasteiger partial charge in [0.05, 0.1) is 4.90 Å². The monoisotopic (exact) mass is 307 g/mol. The molecule has 0 spiro atoms. The number of benzene rings is 2. The van der Waals surface area contributed by atoms with E-state index in [1.807, 2.05) is 0 Å². The van der Waals surface area contributed by atoms with Gasteiger partial charge in [-0.15, -0.1) is 0 Å². The molecule has 0 saturated carbocycles. The van der Waals surface area contributed by atoms with E-state index in [2.05, 4.69) is 4.72 Å². The van der Waals surface area contributed by atoms with E-state index in [1.165, 1.54) is 49.4 Å². The minimum absolute atomic E-state index is 0.0366. The molecule has 0 aliphatic heterocycles. The van der Waals surface area contributed by atoms with E-state index in [-0.39, 0.29) is 16.4 Å². The summed E-state index contributed by atoms with van der Waals surface area (Å²) in [7, 11) is -3.77. The summed E-state index contributed by atoms with van der Waals surface area (Å²) in [5.74, 6) is -0.537. The van der Waals surface area contributed by atoms with Gasteiger partial charge >= 0.3 is 0 Å². The average molecular weight is 307 g/mol. The number of carbonyl (C=O) groups excluding carboxylic acids is 1. The second kappa shape index (κ2) is 5.65. The maximum atomic E-state index is 13.2. The van der Waals surface area contributed by atoms with Gasteiger partial charge in [0.2, 0.25) is 0 Å². The van der Waals surface area contributed by atoms with Crippen LogP contribution in [0.5, 0.6) is 0 Å². The van der Waals surface area contributed by atoms with Crippen molar-refractivity contribution in [1.82, 2.24) is 0 Å². The second-order valence-electron chi connectivity index (χ2n) is 4.65. The first kappa shape index (κ1) is 15.2. The third kappa shape index (κ3) is 3.46. The highest BCUT2D eigenvalue weighted by molar-refractivity contribution is 7.92. The van der Waals surface area contributed by atoms with Gasteiger partial charge < -0.3 is 0 Å². The van der Waals surface area contributed by atoms with E-state index >= 15 is 0 Å². The lowest BCUT2D eigenvalue weighted by molar-refractivity contribution is 0.101. The van der Waals surface area contributed by atoms with Gasteiger partial charge in [-0.25, -0.2) is 12.8 Å². The Bertz CT molecular complexity index is 783. The summed E-state index contributed by atoms with van der Waals surface area (Å²) >= 11 is 0. The van der Waals surface area contributed by atoms with E-state index in [0.717, 1.165) is 0 Å². The number of rotatable bonds is 4. The molecular formula is C15H14FNO3S. The molecule has 0 unspecified atom stereocenters. The molecule has 0 fully saturated rings. The van der Waals surface area contributed by atoms with Crippen LogP contribution < -0.4 is 4.72 Å². The van der Waals surface area contributed by atoms with Crippen LogP contribution in [0.25, 0.3) is 0 Å². The summed E-state index contributed by atoms with van der Waals surface area (Å²) in [4.78, 5) is 11.2. The van der Waals surface area contributed by atoms with Crippen LogP contribution >= 0.6 is 0 Å². The summed E-state index contributed by atoms with van der Waals surface area (Å²) in [6.45, 7) is 2.96. The highest BCUT2D eigenvalue weighted by Gasteiger charge is 2.15. The Hall–Kier alpha value is -2.21. The summed E-state index contributed by atoms with van der Waals surface area (Å²) in [6.07, 6.45) is 0. The molecule has 0 radical (unpaired) electrons. The van der Waals surface area contributed by atoms with Crippen LogP contribution in [0.3, 0.4) is 0 Å². The fourth-order valence-corrected chi connectivity index (χ4v) is 2.84. The fraction of sp³-hybridized carbons (Fsp3) is 0.133. The van der Waals surface area contributed by atoms with Crippen molar-refractivity contribution in [2.24, 2.45) is 0 Å². The van der Waals surface area contributed by atoms with Crippen LogP contribution in [-0.4, -0.2) is 14.2 Å². The topological polar surface area (TPSA) is 63.2 Å². The highest BCUT2D eigenvalue weighted by atomic mass is 32.2. The van der Waals surface area contributed by atoms with Gasteiger partial charge in [-0.3, -0.25) is 9.52 Å². The normalized spacial score (nSPS) is 11.2. The van der Waals surface area contributed by atoms with Crippen LogP contribution in [0.4, 0.5) is 10.1 Å². The first-order valence-corrected chi connectivity index (χ1v) is 7.68. The number of Topliss-reactive ketones (excluding diaryl/α,β-unsaturated/α-hetero) is 1. The Kier molecular flexibility index (Phi) is 4.09. The molecule has 0 bridgehead atoms. The van der Waals surface area contributed by atoms with Crippen molar-refractivity contribution in [1.29, 1.82) is 0 Å². The van der Waals surface area contributed by atoms with Crippen LogP contribution in [0.2, 0.25) is 0 Å². The van der Waals surface area contributed by atoms with Crippen molar-refractivity contribution < 1.29 is 17.6 Å². The zero-order valence-corrected chi connectivity index (χ0v) is 12.4. The first-order chi connectivity index (χ1) is 9.79. The molecule has 0 aromatic heterocycles. The summed E-state index contributed by atoms with van der Waals surface area (Å²) in [5.41, 5.74) is 1.07. The number of ketones is 1. The standard InChI is InChI=1S/C15H14FNO3S/c1-10-9-13(5-8-15(10)16)17-21(19,20)14-6-3-12(4-7-14)11(2)18/h3-9,17H,1-2H3. The van der Waals surface area contributed by atoms with Gasteiger partial charge in [0.25, 0.3) is 10.0 Å². The third-order valence-electron chi connectivity index (χ3n) is 2.98. The molecule has 110 valence electrons. The molecule has 0 heterocycles. The molecule has 0 aliphatic carbocycles.